The van der Waals surface area contributed by atoms with Gasteiger partial charge in [0.25, 0.3) is 0 Å². The molecule has 0 aromatic carbocycles. The van der Waals surface area contributed by atoms with Crippen LogP contribution in [0.4, 0.5) is 0 Å². The van der Waals surface area contributed by atoms with E-state index in [4.69, 9.17) is 16.2 Å². The molecule has 0 unspecified atom stereocenters. The lowest BCUT2D eigenvalue weighted by atomic mass is 10.2. The quantitative estimate of drug-likeness (QED) is 0.532. The lowest BCUT2D eigenvalue weighted by Gasteiger charge is -2.32. The van der Waals surface area contributed by atoms with Crippen molar-refractivity contribution in [3.8, 4) is 0 Å². The summed E-state index contributed by atoms with van der Waals surface area (Å²) in [7, 11) is 0. The Hall–Kier alpha value is -0.160. The Morgan fingerprint density at radius 3 is 2.18 bits per heavy atom. The Morgan fingerprint density at radius 2 is 1.73 bits per heavy atom. The molecule has 0 aromatic rings. The van der Waals surface area contributed by atoms with Gasteiger partial charge in [0.1, 0.15) is 0 Å². The van der Waals surface area contributed by atoms with Gasteiger partial charge in [-0.2, -0.15) is 0 Å². The van der Waals surface area contributed by atoms with Crippen LogP contribution in [0, 0.1) is 0 Å². The van der Waals surface area contributed by atoms with Crippen molar-refractivity contribution >= 4 is 0 Å². The molecule has 4 heteroatoms. The molecule has 0 aliphatic carbocycles. The predicted molar refractivity (Wildman–Crippen MR) is 44.3 cm³/mol. The smallest absolute Gasteiger partial charge is 0.0594 e. The number of rotatable bonds is 3. The summed E-state index contributed by atoms with van der Waals surface area (Å²) in [4.78, 5) is 2.30. The molecule has 1 rings (SSSR count). The third-order valence-electron chi connectivity index (χ3n) is 2.11. The maximum Gasteiger partial charge on any atom is 0.0594 e. The summed E-state index contributed by atoms with van der Waals surface area (Å²) in [6.07, 6.45) is 0. The lowest BCUT2D eigenvalue weighted by molar-refractivity contribution is 0.0201. The number of nitrogens with two attached hydrogens (primary N) is 2. The van der Waals surface area contributed by atoms with E-state index in [1.165, 1.54) is 0 Å². The Bertz CT molecular complexity index is 99.9. The highest BCUT2D eigenvalue weighted by atomic mass is 16.5. The summed E-state index contributed by atoms with van der Waals surface area (Å²) >= 11 is 0. The van der Waals surface area contributed by atoms with Crippen LogP contribution in [0.15, 0.2) is 0 Å². The average Bonchev–Trinajstić information content (AvgIpc) is 2.09. The monoisotopic (exact) mass is 159 g/mol. The van der Waals surface area contributed by atoms with E-state index in [1.54, 1.807) is 0 Å². The molecule has 11 heavy (non-hydrogen) atoms. The van der Waals surface area contributed by atoms with Gasteiger partial charge in [-0.15, -0.1) is 0 Å². The second-order valence-electron chi connectivity index (χ2n) is 2.77. The third kappa shape index (κ3) is 2.41. The van der Waals surface area contributed by atoms with Gasteiger partial charge >= 0.3 is 0 Å². The fourth-order valence-electron chi connectivity index (χ4n) is 1.34. The van der Waals surface area contributed by atoms with Crippen molar-refractivity contribution in [2.24, 2.45) is 11.5 Å². The number of hydrogen-bond donors (Lipinski definition) is 2. The molecule has 66 valence electrons. The number of morpholine rings is 1. The molecule has 1 aliphatic rings. The minimum atomic E-state index is 0.346. The van der Waals surface area contributed by atoms with Crippen LogP contribution in [-0.4, -0.2) is 50.3 Å². The van der Waals surface area contributed by atoms with Crippen LogP contribution >= 0.6 is 0 Å². The van der Waals surface area contributed by atoms with Gasteiger partial charge in [-0.25, -0.2) is 0 Å². The van der Waals surface area contributed by atoms with Crippen molar-refractivity contribution in [2.45, 2.75) is 6.04 Å². The summed E-state index contributed by atoms with van der Waals surface area (Å²) < 4.78 is 5.22. The van der Waals surface area contributed by atoms with E-state index < -0.39 is 0 Å². The summed E-state index contributed by atoms with van der Waals surface area (Å²) in [5, 5.41) is 0. The zero-order valence-corrected chi connectivity index (χ0v) is 6.83. The number of ether oxygens (including phenoxy) is 1. The van der Waals surface area contributed by atoms with Gasteiger partial charge in [-0.05, 0) is 0 Å². The molecule has 0 spiro atoms. The van der Waals surface area contributed by atoms with Crippen molar-refractivity contribution in [1.29, 1.82) is 0 Å². The van der Waals surface area contributed by atoms with Crippen LogP contribution in [0.5, 0.6) is 0 Å². The minimum Gasteiger partial charge on any atom is -0.379 e. The molecular formula is C7H17N3O. The van der Waals surface area contributed by atoms with E-state index in [0.29, 0.717) is 19.1 Å². The summed E-state index contributed by atoms with van der Waals surface area (Å²) in [6, 6.07) is 0.346. The van der Waals surface area contributed by atoms with Gasteiger partial charge in [0, 0.05) is 32.2 Å². The molecule has 0 radical (unpaired) electrons. The molecule has 0 bridgehead atoms. The molecule has 1 aliphatic heterocycles. The summed E-state index contributed by atoms with van der Waals surface area (Å²) in [5.41, 5.74) is 11.1. The third-order valence-corrected chi connectivity index (χ3v) is 2.11. The van der Waals surface area contributed by atoms with Crippen LogP contribution in [-0.2, 0) is 4.74 Å². The molecule has 0 atom stereocenters. The summed E-state index contributed by atoms with van der Waals surface area (Å²) in [6.45, 7) is 4.87. The number of hydrogen-bond acceptors (Lipinski definition) is 4. The van der Waals surface area contributed by atoms with E-state index >= 15 is 0 Å². The van der Waals surface area contributed by atoms with Crippen LogP contribution in [0.1, 0.15) is 0 Å². The minimum absolute atomic E-state index is 0.346. The van der Waals surface area contributed by atoms with Crippen LogP contribution < -0.4 is 11.5 Å². The lowest BCUT2D eigenvalue weighted by Crippen LogP contribution is -2.50. The zero-order chi connectivity index (χ0) is 8.10. The average molecular weight is 159 g/mol. The van der Waals surface area contributed by atoms with Gasteiger partial charge in [-0.1, -0.05) is 0 Å². The Morgan fingerprint density at radius 1 is 1.18 bits per heavy atom. The Balaban J connectivity index is 2.30. The molecule has 0 aromatic heterocycles. The molecule has 4 N–H and O–H groups in total. The van der Waals surface area contributed by atoms with E-state index in [0.717, 1.165) is 26.3 Å². The highest BCUT2D eigenvalue weighted by Gasteiger charge is 2.17. The van der Waals surface area contributed by atoms with Crippen molar-refractivity contribution < 1.29 is 4.74 Å². The molecule has 4 nitrogen and oxygen atoms in total. The Labute approximate surface area is 67.5 Å². The van der Waals surface area contributed by atoms with Crippen molar-refractivity contribution in [2.75, 3.05) is 39.4 Å². The maximum atomic E-state index is 5.55. The largest absolute Gasteiger partial charge is 0.379 e. The first-order valence-electron chi connectivity index (χ1n) is 4.10. The van der Waals surface area contributed by atoms with E-state index in [1.807, 2.05) is 0 Å². The second kappa shape index (κ2) is 4.66. The van der Waals surface area contributed by atoms with Crippen molar-refractivity contribution in [3.05, 3.63) is 0 Å². The first-order valence-corrected chi connectivity index (χ1v) is 4.10. The van der Waals surface area contributed by atoms with Gasteiger partial charge in [0.2, 0.25) is 0 Å². The highest BCUT2D eigenvalue weighted by Crippen LogP contribution is 2.00. The topological polar surface area (TPSA) is 64.5 Å². The van der Waals surface area contributed by atoms with Crippen LogP contribution in [0.3, 0.4) is 0 Å². The van der Waals surface area contributed by atoms with Crippen molar-refractivity contribution in [3.63, 3.8) is 0 Å². The van der Waals surface area contributed by atoms with E-state index in [2.05, 4.69) is 4.90 Å². The van der Waals surface area contributed by atoms with Gasteiger partial charge in [0.15, 0.2) is 0 Å². The predicted octanol–water partition coefficient (Wildman–Crippen LogP) is -1.40. The van der Waals surface area contributed by atoms with E-state index in [-0.39, 0.29) is 0 Å². The van der Waals surface area contributed by atoms with Gasteiger partial charge < -0.3 is 16.2 Å². The van der Waals surface area contributed by atoms with Gasteiger partial charge in [0.05, 0.1) is 13.2 Å². The van der Waals surface area contributed by atoms with Crippen molar-refractivity contribution in [1.82, 2.24) is 4.90 Å². The summed E-state index contributed by atoms with van der Waals surface area (Å²) in [5.74, 6) is 0. The normalized spacial score (nSPS) is 21.0. The maximum absolute atomic E-state index is 5.55. The van der Waals surface area contributed by atoms with E-state index in [9.17, 15) is 0 Å². The first-order chi connectivity index (χ1) is 5.38. The Kier molecular flexibility index (Phi) is 3.79. The molecule has 1 heterocycles. The van der Waals surface area contributed by atoms with Crippen LogP contribution in [0.25, 0.3) is 0 Å². The molecular weight excluding hydrogens is 142 g/mol. The molecule has 1 fully saturated rings. The molecule has 0 saturated carbocycles. The van der Waals surface area contributed by atoms with Crippen LogP contribution in [0.2, 0.25) is 0 Å². The molecule has 1 saturated heterocycles. The SMILES string of the molecule is NCC(CN)N1CCOCC1. The number of nitrogens with zero attached hydrogens (tertiary/aromatic N) is 1. The first kappa shape index (κ1) is 8.93. The standard InChI is InChI=1S/C7H17N3O/c8-5-7(6-9)10-1-3-11-4-2-10/h7H,1-6,8-9H2. The fourth-order valence-corrected chi connectivity index (χ4v) is 1.34. The van der Waals surface area contributed by atoms with Gasteiger partial charge in [-0.3, -0.25) is 4.90 Å². The molecule has 0 amide bonds. The fraction of sp³-hybridized carbons (Fsp3) is 1.00. The second-order valence-corrected chi connectivity index (χ2v) is 2.77. The highest BCUT2D eigenvalue weighted by molar-refractivity contribution is 4.74. The zero-order valence-electron chi connectivity index (χ0n) is 6.83.